The predicted octanol–water partition coefficient (Wildman–Crippen LogP) is 19.0. The molecule has 0 saturated heterocycles. The van der Waals surface area contributed by atoms with Crippen LogP contribution in [0.5, 0.6) is 0 Å². The molecular weight excluding hydrogens is 729 g/mol. The first kappa shape index (κ1) is 38.4. The summed E-state index contributed by atoms with van der Waals surface area (Å²) in [4.78, 5) is 12.5. The summed E-state index contributed by atoms with van der Waals surface area (Å²) in [5.41, 5.74) is 0. The van der Waals surface area contributed by atoms with E-state index in [2.05, 4.69) is 180 Å². The third-order valence-electron chi connectivity index (χ3n) is 11.7. The normalized spacial score (nSPS) is 13.4. The van der Waals surface area contributed by atoms with Crippen LogP contribution in [-0.4, -0.2) is 0 Å². The molecule has 0 nitrogen and oxygen atoms in total. The van der Waals surface area contributed by atoms with Crippen molar-refractivity contribution in [2.45, 2.75) is 158 Å². The summed E-state index contributed by atoms with van der Waals surface area (Å²) in [6, 6.07) is 10.5. The number of thiophene rings is 4. The van der Waals surface area contributed by atoms with Crippen LogP contribution in [0.4, 0.5) is 0 Å². The highest BCUT2D eigenvalue weighted by Gasteiger charge is 2.30. The fourth-order valence-electron chi connectivity index (χ4n) is 9.36. The molecule has 4 aromatic heterocycles. The molecule has 0 atom stereocenters. The van der Waals surface area contributed by atoms with E-state index in [1.165, 1.54) is 53.9 Å². The van der Waals surface area contributed by atoms with Crippen LogP contribution in [-0.2, 0) is 0 Å². The first-order valence-corrected chi connectivity index (χ1v) is 24.0. The molecule has 8 aromatic rings. The predicted molar refractivity (Wildman–Crippen MR) is 253 cm³/mol. The molecule has 0 N–H and O–H groups in total. The Hall–Kier alpha value is -2.50. The molecule has 284 valence electrons. The van der Waals surface area contributed by atoms with Crippen LogP contribution in [0.3, 0.4) is 0 Å². The zero-order chi connectivity index (χ0) is 39.0. The topological polar surface area (TPSA) is 0 Å². The highest BCUT2D eigenvalue weighted by Crippen LogP contribution is 2.56. The molecule has 0 unspecified atom stereocenters. The molecule has 0 radical (unpaired) electrons. The first-order chi connectivity index (χ1) is 25.4. The maximum absolute atomic E-state index is 2.63. The Bertz CT molecular complexity index is 2400. The number of hydrogen-bond acceptors (Lipinski definition) is 4. The van der Waals surface area contributed by atoms with E-state index in [4.69, 9.17) is 0 Å². The number of fused-ring (bicyclic) bond motifs is 13. The molecular formula is C50H60S4. The van der Waals surface area contributed by atoms with Gasteiger partial charge in [-0.05, 0) is 104 Å². The fourth-order valence-corrected chi connectivity index (χ4v) is 14.7. The van der Waals surface area contributed by atoms with E-state index >= 15 is 0 Å². The van der Waals surface area contributed by atoms with Gasteiger partial charge in [0.15, 0.2) is 0 Å². The molecule has 0 aliphatic rings. The van der Waals surface area contributed by atoms with Gasteiger partial charge in [-0.3, -0.25) is 0 Å². The fraction of sp³-hybridized carbons (Fsp3) is 0.480. The smallest absolute Gasteiger partial charge is 0.0159 e. The van der Waals surface area contributed by atoms with E-state index in [1.807, 2.05) is 0 Å². The van der Waals surface area contributed by atoms with Crippen LogP contribution in [0.1, 0.15) is 197 Å². The van der Waals surface area contributed by atoms with Crippen LogP contribution >= 0.6 is 45.3 Å². The van der Waals surface area contributed by atoms with Crippen molar-refractivity contribution in [3.05, 3.63) is 63.3 Å². The van der Waals surface area contributed by atoms with Crippen molar-refractivity contribution in [3.8, 4) is 0 Å². The van der Waals surface area contributed by atoms with Gasteiger partial charge in [0.2, 0.25) is 0 Å². The third-order valence-corrected chi connectivity index (χ3v) is 18.9. The van der Waals surface area contributed by atoms with E-state index < -0.39 is 0 Å². The Kier molecular flexibility index (Phi) is 9.64. The Balaban J connectivity index is 1.68. The van der Waals surface area contributed by atoms with Crippen LogP contribution in [0.25, 0.3) is 75.4 Å². The minimum atomic E-state index is 0.466. The van der Waals surface area contributed by atoms with Crippen LogP contribution in [0.2, 0.25) is 0 Å². The summed E-state index contributed by atoms with van der Waals surface area (Å²) in [5.74, 6) is 3.78. The van der Waals surface area contributed by atoms with E-state index in [1.54, 1.807) is 60.6 Å². The van der Waals surface area contributed by atoms with Gasteiger partial charge in [-0.25, -0.2) is 0 Å². The van der Waals surface area contributed by atoms with Gasteiger partial charge < -0.3 is 0 Å². The third kappa shape index (κ3) is 5.50. The van der Waals surface area contributed by atoms with Gasteiger partial charge in [0, 0.05) is 82.1 Å². The lowest BCUT2D eigenvalue weighted by molar-refractivity contribution is 0.890. The molecule has 0 bridgehead atoms. The summed E-state index contributed by atoms with van der Waals surface area (Å²) in [5, 5.41) is 20.9. The summed E-state index contributed by atoms with van der Waals surface area (Å²) in [7, 11) is 0. The molecule has 0 amide bonds. The van der Waals surface area contributed by atoms with Crippen molar-refractivity contribution in [2.75, 3.05) is 0 Å². The molecule has 8 rings (SSSR count). The monoisotopic (exact) mass is 788 g/mol. The molecule has 54 heavy (non-hydrogen) atoms. The van der Waals surface area contributed by atoms with Crippen LogP contribution in [0.15, 0.2) is 24.3 Å². The zero-order valence-corrected chi connectivity index (χ0v) is 38.8. The van der Waals surface area contributed by atoms with E-state index in [-0.39, 0.29) is 0 Å². The number of hydrogen-bond donors (Lipinski definition) is 0. The largest absolute Gasteiger partial charge is 0.144 e. The van der Waals surface area contributed by atoms with Crippen molar-refractivity contribution >= 4 is 121 Å². The summed E-state index contributed by atoms with van der Waals surface area (Å²) in [6.07, 6.45) is 0. The SMILES string of the molecule is CC(C)c1sc(C(C)C)c2c1c1cc3cc4c(cc3cc1c1c(C(C)C)sc(C(C)C)c12)c1c(C(C)C)sc(C(C)C)c1c1c(C(C)C)sc(C(C)C)c41. The number of rotatable bonds is 8. The van der Waals surface area contributed by atoms with Gasteiger partial charge in [0.1, 0.15) is 0 Å². The lowest BCUT2D eigenvalue weighted by Crippen LogP contribution is -1.92. The average Bonchev–Trinajstić information content (AvgIpc) is 3.86. The van der Waals surface area contributed by atoms with E-state index in [0.29, 0.717) is 47.3 Å². The molecule has 0 fully saturated rings. The first-order valence-electron chi connectivity index (χ1n) is 20.7. The molecule has 4 heteroatoms. The summed E-state index contributed by atoms with van der Waals surface area (Å²) < 4.78 is 0. The molecule has 0 spiro atoms. The van der Waals surface area contributed by atoms with Gasteiger partial charge in [0.25, 0.3) is 0 Å². The van der Waals surface area contributed by atoms with E-state index in [9.17, 15) is 0 Å². The Morgan fingerprint density at radius 3 is 0.537 bits per heavy atom. The van der Waals surface area contributed by atoms with Gasteiger partial charge >= 0.3 is 0 Å². The van der Waals surface area contributed by atoms with Crippen molar-refractivity contribution in [2.24, 2.45) is 0 Å². The standard InChI is InChI=1S/C50H60S4/c1-21(2)43-35-31-17-29-19-33-34(38-42(50(28(15)16)54-46(38)24(7)8)41-37(33)45(23(5)6)53-49(41)27(13)14)20-30(29)18-32(31)36-40(39(35)47(51-43)25(9)10)48(26(11)12)52-44(36)22(3)4/h17-28H,1-16H3. The van der Waals surface area contributed by atoms with Crippen molar-refractivity contribution < 1.29 is 0 Å². The molecule has 4 aromatic carbocycles. The minimum Gasteiger partial charge on any atom is -0.144 e. The zero-order valence-electron chi connectivity index (χ0n) is 35.6. The van der Waals surface area contributed by atoms with Gasteiger partial charge in [-0.2, -0.15) is 0 Å². The number of benzene rings is 4. The highest BCUT2D eigenvalue weighted by atomic mass is 32.1. The van der Waals surface area contributed by atoms with Crippen molar-refractivity contribution in [1.29, 1.82) is 0 Å². The van der Waals surface area contributed by atoms with Gasteiger partial charge in [-0.1, -0.05) is 111 Å². The Labute approximate surface area is 340 Å². The Morgan fingerprint density at radius 2 is 0.389 bits per heavy atom. The van der Waals surface area contributed by atoms with Crippen molar-refractivity contribution in [1.82, 2.24) is 0 Å². The highest BCUT2D eigenvalue weighted by molar-refractivity contribution is 7.16. The van der Waals surface area contributed by atoms with Gasteiger partial charge in [0.05, 0.1) is 0 Å². The van der Waals surface area contributed by atoms with Crippen LogP contribution < -0.4 is 0 Å². The minimum absolute atomic E-state index is 0.466. The summed E-state index contributed by atoms with van der Waals surface area (Å²) >= 11 is 8.38. The van der Waals surface area contributed by atoms with E-state index in [0.717, 1.165) is 0 Å². The second-order valence-electron chi connectivity index (χ2n) is 18.7. The maximum Gasteiger partial charge on any atom is 0.0159 e. The van der Waals surface area contributed by atoms with Crippen molar-refractivity contribution in [3.63, 3.8) is 0 Å². The quantitative estimate of drug-likeness (QED) is 0.135. The second kappa shape index (κ2) is 13.6. The average molecular weight is 789 g/mol. The second-order valence-corrected chi connectivity index (χ2v) is 23.0. The molecule has 0 saturated carbocycles. The molecule has 4 heterocycles. The molecule has 0 aliphatic heterocycles. The maximum atomic E-state index is 2.63. The van der Waals surface area contributed by atoms with Crippen LogP contribution in [0, 0.1) is 0 Å². The lowest BCUT2D eigenvalue weighted by atomic mass is 9.86. The lowest BCUT2D eigenvalue weighted by Gasteiger charge is -2.16. The Morgan fingerprint density at radius 1 is 0.241 bits per heavy atom. The van der Waals surface area contributed by atoms with Gasteiger partial charge in [-0.15, -0.1) is 45.3 Å². The summed E-state index contributed by atoms with van der Waals surface area (Å²) in [6.45, 7) is 38.6. The molecule has 0 aliphatic carbocycles.